The van der Waals surface area contributed by atoms with E-state index in [9.17, 15) is 9.59 Å². The van der Waals surface area contributed by atoms with Crippen molar-refractivity contribution in [3.63, 3.8) is 0 Å². The zero-order chi connectivity index (χ0) is 14.5. The van der Waals surface area contributed by atoms with Gasteiger partial charge in [0.25, 0.3) is 6.47 Å². The highest BCUT2D eigenvalue weighted by Crippen LogP contribution is 2.33. The number of carbonyl (C=O) groups excluding carboxylic acids is 2. The van der Waals surface area contributed by atoms with Gasteiger partial charge >= 0.3 is 6.03 Å². The normalized spacial score (nSPS) is 12.4. The molecule has 2 amide bonds. The summed E-state index contributed by atoms with van der Waals surface area (Å²) in [6.45, 7) is 0.110. The molecular formula is C11H11Cl3N2O3. The third-order valence-electron chi connectivity index (χ3n) is 2.16. The molecule has 1 rings (SSSR count). The predicted molar refractivity (Wildman–Crippen MR) is 74.5 cm³/mol. The fourth-order valence-corrected chi connectivity index (χ4v) is 1.87. The molecular weight excluding hydrogens is 314 g/mol. The molecule has 1 N–H and O–H groups in total. The van der Waals surface area contributed by atoms with E-state index in [-0.39, 0.29) is 6.47 Å². The summed E-state index contributed by atoms with van der Waals surface area (Å²) in [5.41, 5.74) is 0.563. The average molecular weight is 326 g/mol. The quantitative estimate of drug-likeness (QED) is 0.526. The number of alkyl halides is 3. The standard InChI is InChI=1S/C11H11Cl3N2O3/c1-16(9(19-7-17)11(12,13)14)10(18)15-8-5-3-2-4-6-8/h2-7,9H,1H3,(H,15,18). The number of amides is 2. The number of anilines is 1. The largest absolute Gasteiger partial charge is 0.439 e. The molecule has 0 aliphatic carbocycles. The fourth-order valence-electron chi connectivity index (χ4n) is 1.28. The van der Waals surface area contributed by atoms with Gasteiger partial charge in [-0.05, 0) is 12.1 Å². The minimum atomic E-state index is -1.95. The van der Waals surface area contributed by atoms with Crippen LogP contribution in [0, 0.1) is 0 Å². The summed E-state index contributed by atoms with van der Waals surface area (Å²) in [5, 5.41) is 2.57. The van der Waals surface area contributed by atoms with E-state index in [0.29, 0.717) is 5.69 Å². The van der Waals surface area contributed by atoms with Crippen molar-refractivity contribution < 1.29 is 14.3 Å². The van der Waals surface area contributed by atoms with Crippen LogP contribution in [0.4, 0.5) is 10.5 Å². The Balaban J connectivity index is 2.77. The number of hydrogen-bond acceptors (Lipinski definition) is 3. The lowest BCUT2D eigenvalue weighted by Crippen LogP contribution is -2.48. The highest BCUT2D eigenvalue weighted by Gasteiger charge is 2.40. The van der Waals surface area contributed by atoms with Gasteiger partial charge in [-0.25, -0.2) is 4.79 Å². The number of nitrogens with zero attached hydrogens (tertiary/aromatic N) is 1. The summed E-state index contributed by atoms with van der Waals surface area (Å²) in [7, 11) is 1.34. The molecule has 5 nitrogen and oxygen atoms in total. The molecule has 1 atom stereocenters. The molecule has 0 aliphatic heterocycles. The Morgan fingerprint density at radius 3 is 2.42 bits per heavy atom. The van der Waals surface area contributed by atoms with Crippen LogP contribution in [0.5, 0.6) is 0 Å². The predicted octanol–water partition coefficient (Wildman–Crippen LogP) is 3.02. The number of para-hydroxylation sites is 1. The summed E-state index contributed by atoms with van der Waals surface area (Å²) in [4.78, 5) is 23.3. The number of rotatable bonds is 4. The molecule has 0 saturated heterocycles. The first kappa shape index (κ1) is 15.9. The molecule has 1 aromatic carbocycles. The van der Waals surface area contributed by atoms with Crippen molar-refractivity contribution in [1.29, 1.82) is 0 Å². The Kier molecular flexibility index (Phi) is 5.72. The summed E-state index contributed by atoms with van der Waals surface area (Å²) in [6, 6.07) is 8.12. The topological polar surface area (TPSA) is 58.6 Å². The molecule has 0 fully saturated rings. The molecule has 0 bridgehead atoms. The van der Waals surface area contributed by atoms with Gasteiger partial charge in [0.15, 0.2) is 0 Å². The molecule has 0 saturated carbocycles. The number of benzene rings is 1. The van der Waals surface area contributed by atoms with Gasteiger partial charge in [0.2, 0.25) is 10.0 Å². The molecule has 1 aromatic rings. The van der Waals surface area contributed by atoms with Crippen molar-refractivity contribution in [3.8, 4) is 0 Å². The molecule has 104 valence electrons. The van der Waals surface area contributed by atoms with Crippen LogP contribution in [0.1, 0.15) is 0 Å². The Morgan fingerprint density at radius 2 is 1.95 bits per heavy atom. The van der Waals surface area contributed by atoms with Gasteiger partial charge in [0, 0.05) is 12.7 Å². The van der Waals surface area contributed by atoms with E-state index in [0.717, 1.165) is 4.90 Å². The first-order valence-electron chi connectivity index (χ1n) is 5.11. The lowest BCUT2D eigenvalue weighted by molar-refractivity contribution is -0.139. The number of nitrogens with one attached hydrogen (secondary N) is 1. The lowest BCUT2D eigenvalue weighted by Gasteiger charge is -2.31. The summed E-state index contributed by atoms with van der Waals surface area (Å²) in [6.07, 6.45) is -1.33. The van der Waals surface area contributed by atoms with Crippen LogP contribution in [0.3, 0.4) is 0 Å². The van der Waals surface area contributed by atoms with Gasteiger partial charge < -0.3 is 10.1 Å². The third-order valence-corrected chi connectivity index (χ3v) is 2.72. The van der Waals surface area contributed by atoms with Gasteiger partial charge in [-0.3, -0.25) is 9.69 Å². The maximum atomic E-state index is 11.9. The van der Waals surface area contributed by atoms with Crippen molar-refractivity contribution in [3.05, 3.63) is 30.3 Å². The van der Waals surface area contributed by atoms with Gasteiger partial charge in [0.05, 0.1) is 0 Å². The molecule has 0 spiro atoms. The van der Waals surface area contributed by atoms with E-state index in [1.807, 2.05) is 0 Å². The van der Waals surface area contributed by atoms with E-state index < -0.39 is 16.1 Å². The zero-order valence-electron chi connectivity index (χ0n) is 9.85. The second-order valence-corrected chi connectivity index (χ2v) is 5.90. The lowest BCUT2D eigenvalue weighted by atomic mass is 10.3. The van der Waals surface area contributed by atoms with E-state index in [2.05, 4.69) is 10.1 Å². The molecule has 0 heterocycles. The molecule has 19 heavy (non-hydrogen) atoms. The van der Waals surface area contributed by atoms with Gasteiger partial charge in [-0.2, -0.15) is 0 Å². The van der Waals surface area contributed by atoms with Gasteiger partial charge in [-0.15, -0.1) is 0 Å². The Hall–Kier alpha value is -1.17. The third kappa shape index (κ3) is 4.78. The maximum Gasteiger partial charge on any atom is 0.324 e. The maximum absolute atomic E-state index is 11.9. The van der Waals surface area contributed by atoms with Crippen molar-refractivity contribution in [2.75, 3.05) is 12.4 Å². The van der Waals surface area contributed by atoms with E-state index in [4.69, 9.17) is 34.8 Å². The summed E-state index contributed by atoms with van der Waals surface area (Å²) >= 11 is 16.9. The summed E-state index contributed by atoms with van der Waals surface area (Å²) < 4.78 is 2.66. The Bertz CT molecular complexity index is 437. The van der Waals surface area contributed by atoms with Crippen LogP contribution in [-0.4, -0.2) is 34.5 Å². The van der Waals surface area contributed by atoms with Crippen molar-refractivity contribution in [1.82, 2.24) is 4.90 Å². The minimum Gasteiger partial charge on any atom is -0.439 e. The molecule has 1 unspecified atom stereocenters. The van der Waals surface area contributed by atoms with E-state index in [1.54, 1.807) is 30.3 Å². The zero-order valence-corrected chi connectivity index (χ0v) is 12.1. The monoisotopic (exact) mass is 324 g/mol. The molecule has 0 aliphatic rings. The average Bonchev–Trinajstić information content (AvgIpc) is 2.35. The van der Waals surface area contributed by atoms with Crippen LogP contribution in [0.15, 0.2) is 30.3 Å². The van der Waals surface area contributed by atoms with E-state index in [1.165, 1.54) is 7.05 Å². The fraction of sp³-hybridized carbons (Fsp3) is 0.273. The van der Waals surface area contributed by atoms with Gasteiger partial charge in [-0.1, -0.05) is 53.0 Å². The Labute approximate surface area is 125 Å². The number of halogens is 3. The number of urea groups is 1. The highest BCUT2D eigenvalue weighted by molar-refractivity contribution is 6.68. The first-order valence-corrected chi connectivity index (χ1v) is 6.24. The number of carbonyl (C=O) groups is 2. The van der Waals surface area contributed by atoms with E-state index >= 15 is 0 Å². The van der Waals surface area contributed by atoms with Gasteiger partial charge in [0.1, 0.15) is 0 Å². The van der Waals surface area contributed by atoms with Crippen LogP contribution in [0.2, 0.25) is 0 Å². The van der Waals surface area contributed by atoms with Crippen molar-refractivity contribution in [2.24, 2.45) is 0 Å². The van der Waals surface area contributed by atoms with Crippen LogP contribution < -0.4 is 5.32 Å². The summed E-state index contributed by atoms with van der Waals surface area (Å²) in [5.74, 6) is 0. The number of hydrogen-bond donors (Lipinski definition) is 1. The molecule has 8 heteroatoms. The SMILES string of the molecule is CN(C(=O)Nc1ccccc1)C(OC=O)C(Cl)(Cl)Cl. The van der Waals surface area contributed by atoms with Crippen LogP contribution in [-0.2, 0) is 9.53 Å². The van der Waals surface area contributed by atoms with Crippen molar-refractivity contribution in [2.45, 2.75) is 10.0 Å². The van der Waals surface area contributed by atoms with Crippen molar-refractivity contribution >= 4 is 53.0 Å². The molecule has 0 aromatic heterocycles. The van der Waals surface area contributed by atoms with Crippen LogP contribution >= 0.6 is 34.8 Å². The number of ether oxygens (including phenoxy) is 1. The first-order chi connectivity index (χ1) is 8.86. The Morgan fingerprint density at radius 1 is 1.37 bits per heavy atom. The van der Waals surface area contributed by atoms with Crippen LogP contribution in [0.25, 0.3) is 0 Å². The highest BCUT2D eigenvalue weighted by atomic mass is 35.6. The smallest absolute Gasteiger partial charge is 0.324 e. The second kappa shape index (κ2) is 6.84. The second-order valence-electron chi connectivity index (χ2n) is 3.53. The minimum absolute atomic E-state index is 0.110. The molecule has 0 radical (unpaired) electrons.